The van der Waals surface area contributed by atoms with Crippen molar-refractivity contribution >= 4 is 17.6 Å². The minimum atomic E-state index is -1.10. The molecule has 0 radical (unpaired) electrons. The molecule has 3 aromatic rings. The van der Waals surface area contributed by atoms with Crippen molar-refractivity contribution in [3.8, 4) is 5.69 Å². The third-order valence-electron chi connectivity index (χ3n) is 3.62. The first-order valence-electron chi connectivity index (χ1n) is 8.07. The number of amides is 1. The topological polar surface area (TPSA) is 73.2 Å². The van der Waals surface area contributed by atoms with Crippen LogP contribution >= 0.6 is 0 Å². The average Bonchev–Trinajstić information content (AvgIpc) is 3.15. The van der Waals surface area contributed by atoms with Crippen LogP contribution in [0.4, 0.5) is 14.5 Å². The summed E-state index contributed by atoms with van der Waals surface area (Å²) < 4.78 is 32.6. The fourth-order valence-electron chi connectivity index (χ4n) is 2.35. The Morgan fingerprint density at radius 2 is 1.93 bits per heavy atom. The van der Waals surface area contributed by atoms with Gasteiger partial charge in [0.25, 0.3) is 5.91 Å². The Kier molecular flexibility index (Phi) is 5.25. The highest BCUT2D eigenvalue weighted by atomic mass is 19.2. The smallest absolute Gasteiger partial charge is 0.358 e. The first kappa shape index (κ1) is 18.2. The number of carbonyl (C=O) groups is 2. The molecule has 138 valence electrons. The number of halogens is 2. The minimum absolute atomic E-state index is 0.0111. The lowest BCUT2D eigenvalue weighted by atomic mass is 10.2. The average molecular weight is 371 g/mol. The zero-order valence-electron chi connectivity index (χ0n) is 14.3. The maximum atomic E-state index is 13.3. The summed E-state index contributed by atoms with van der Waals surface area (Å²) in [6, 6.07) is 11.1. The van der Waals surface area contributed by atoms with Gasteiger partial charge in [-0.25, -0.2) is 18.3 Å². The molecule has 0 spiro atoms. The van der Waals surface area contributed by atoms with Crippen LogP contribution in [0.15, 0.2) is 54.7 Å². The van der Waals surface area contributed by atoms with Crippen LogP contribution in [0.1, 0.15) is 27.8 Å². The molecule has 6 nitrogen and oxygen atoms in total. The number of nitrogens with zero attached hydrogens (tertiary/aromatic N) is 2. The second kappa shape index (κ2) is 7.77. The summed E-state index contributed by atoms with van der Waals surface area (Å²) in [6.45, 7) is 1.95. The molecule has 0 aliphatic heterocycles. The molecule has 1 aromatic heterocycles. The quantitative estimate of drug-likeness (QED) is 0.696. The Labute approximate surface area is 153 Å². The molecule has 3 rings (SSSR count). The number of nitrogens with one attached hydrogen (secondary N) is 1. The Bertz CT molecular complexity index is 1000. The third-order valence-corrected chi connectivity index (χ3v) is 3.62. The molecule has 0 aliphatic rings. The van der Waals surface area contributed by atoms with E-state index in [4.69, 9.17) is 4.74 Å². The molecule has 8 heteroatoms. The van der Waals surface area contributed by atoms with E-state index in [9.17, 15) is 18.4 Å². The lowest BCUT2D eigenvalue weighted by Gasteiger charge is -2.08. The van der Waals surface area contributed by atoms with Gasteiger partial charge in [0.15, 0.2) is 17.3 Å². The lowest BCUT2D eigenvalue weighted by Crippen LogP contribution is -2.12. The monoisotopic (exact) mass is 371 g/mol. The molecule has 0 unspecified atom stereocenters. The van der Waals surface area contributed by atoms with Crippen molar-refractivity contribution in [2.75, 3.05) is 11.9 Å². The molecule has 2 aromatic carbocycles. The van der Waals surface area contributed by atoms with Crippen LogP contribution in [-0.2, 0) is 4.74 Å². The summed E-state index contributed by atoms with van der Waals surface area (Å²) in [5, 5.41) is 6.74. The predicted molar refractivity (Wildman–Crippen MR) is 93.8 cm³/mol. The van der Waals surface area contributed by atoms with Crippen molar-refractivity contribution < 1.29 is 23.1 Å². The van der Waals surface area contributed by atoms with E-state index in [1.807, 2.05) is 0 Å². The molecule has 0 bridgehead atoms. The number of anilines is 1. The number of esters is 1. The van der Waals surface area contributed by atoms with Gasteiger partial charge in [-0.15, -0.1) is 0 Å². The molecule has 0 saturated carbocycles. The van der Waals surface area contributed by atoms with Gasteiger partial charge in [-0.3, -0.25) is 4.79 Å². The van der Waals surface area contributed by atoms with Gasteiger partial charge in [0.1, 0.15) is 0 Å². The van der Waals surface area contributed by atoms with E-state index in [2.05, 4.69) is 10.4 Å². The molecular formula is C19H15F2N3O3. The van der Waals surface area contributed by atoms with Crippen molar-refractivity contribution in [2.45, 2.75) is 6.92 Å². The highest BCUT2D eigenvalue weighted by Crippen LogP contribution is 2.17. The summed E-state index contributed by atoms with van der Waals surface area (Å²) >= 11 is 0. The molecule has 1 N–H and O–H groups in total. The van der Waals surface area contributed by atoms with Crippen molar-refractivity contribution in [1.82, 2.24) is 9.78 Å². The van der Waals surface area contributed by atoms with Crippen molar-refractivity contribution in [3.63, 3.8) is 0 Å². The standard InChI is InChI=1S/C19H15F2N3O3/c1-2-27-19(26)17-8-9-24(23-17)14-5-3-4-13(11-14)22-18(25)12-6-7-15(20)16(21)10-12/h3-11H,2H2,1H3,(H,22,25). The number of aromatic nitrogens is 2. The van der Waals surface area contributed by atoms with Crippen LogP contribution in [0.5, 0.6) is 0 Å². The van der Waals surface area contributed by atoms with Crippen molar-refractivity contribution in [1.29, 1.82) is 0 Å². The molecule has 1 heterocycles. The predicted octanol–water partition coefficient (Wildman–Crippen LogP) is 3.58. The number of ether oxygens (including phenoxy) is 1. The SMILES string of the molecule is CCOC(=O)c1ccn(-c2cccc(NC(=O)c3ccc(F)c(F)c3)c2)n1. The van der Waals surface area contributed by atoms with Crippen LogP contribution in [-0.4, -0.2) is 28.3 Å². The Balaban J connectivity index is 1.78. The van der Waals surface area contributed by atoms with Gasteiger partial charge in [0.05, 0.1) is 12.3 Å². The fourth-order valence-corrected chi connectivity index (χ4v) is 2.35. The van der Waals surface area contributed by atoms with Gasteiger partial charge in [-0.1, -0.05) is 6.07 Å². The molecule has 0 atom stereocenters. The Hall–Kier alpha value is -3.55. The second-order valence-corrected chi connectivity index (χ2v) is 5.50. The van der Waals surface area contributed by atoms with Gasteiger partial charge in [0.2, 0.25) is 0 Å². The van der Waals surface area contributed by atoms with Gasteiger partial charge < -0.3 is 10.1 Å². The maximum Gasteiger partial charge on any atom is 0.358 e. The Morgan fingerprint density at radius 3 is 2.67 bits per heavy atom. The van der Waals surface area contributed by atoms with Gasteiger partial charge in [-0.2, -0.15) is 5.10 Å². The maximum absolute atomic E-state index is 13.3. The first-order valence-corrected chi connectivity index (χ1v) is 8.07. The zero-order chi connectivity index (χ0) is 19.4. The number of rotatable bonds is 5. The second-order valence-electron chi connectivity index (χ2n) is 5.50. The van der Waals surface area contributed by atoms with E-state index in [-0.39, 0.29) is 17.9 Å². The largest absolute Gasteiger partial charge is 0.461 e. The molecule has 0 aliphatic carbocycles. The summed E-state index contributed by atoms with van der Waals surface area (Å²) in [7, 11) is 0. The number of benzene rings is 2. The van der Waals surface area contributed by atoms with E-state index in [0.717, 1.165) is 12.1 Å². The highest BCUT2D eigenvalue weighted by Gasteiger charge is 2.13. The summed E-state index contributed by atoms with van der Waals surface area (Å²) in [5.41, 5.74) is 1.17. The molecule has 1 amide bonds. The number of carbonyl (C=O) groups excluding carboxylic acids is 2. The molecule has 0 fully saturated rings. The van der Waals surface area contributed by atoms with Crippen LogP contribution < -0.4 is 5.32 Å². The fraction of sp³-hybridized carbons (Fsp3) is 0.105. The van der Waals surface area contributed by atoms with Crippen LogP contribution in [0.2, 0.25) is 0 Å². The number of hydrogen-bond donors (Lipinski definition) is 1. The Morgan fingerprint density at radius 1 is 1.11 bits per heavy atom. The molecule has 27 heavy (non-hydrogen) atoms. The molecular weight excluding hydrogens is 356 g/mol. The normalized spacial score (nSPS) is 10.5. The molecule has 0 saturated heterocycles. The highest BCUT2D eigenvalue weighted by molar-refractivity contribution is 6.04. The van der Waals surface area contributed by atoms with Crippen LogP contribution in [0, 0.1) is 11.6 Å². The van der Waals surface area contributed by atoms with E-state index in [1.165, 1.54) is 16.8 Å². The van der Waals surface area contributed by atoms with E-state index in [1.54, 1.807) is 37.4 Å². The summed E-state index contributed by atoms with van der Waals surface area (Å²) in [4.78, 5) is 23.9. The van der Waals surface area contributed by atoms with Gasteiger partial charge in [0, 0.05) is 17.4 Å². The van der Waals surface area contributed by atoms with E-state index >= 15 is 0 Å². The summed E-state index contributed by atoms with van der Waals surface area (Å²) in [5.74, 6) is -3.23. The van der Waals surface area contributed by atoms with Crippen molar-refractivity contribution in [2.24, 2.45) is 0 Å². The van der Waals surface area contributed by atoms with E-state index < -0.39 is 23.5 Å². The van der Waals surface area contributed by atoms with Gasteiger partial charge in [-0.05, 0) is 49.4 Å². The lowest BCUT2D eigenvalue weighted by molar-refractivity contribution is 0.0519. The first-order chi connectivity index (χ1) is 13.0. The summed E-state index contributed by atoms with van der Waals surface area (Å²) in [6.07, 6.45) is 1.59. The minimum Gasteiger partial charge on any atom is -0.461 e. The van der Waals surface area contributed by atoms with Crippen LogP contribution in [0.3, 0.4) is 0 Å². The number of hydrogen-bond acceptors (Lipinski definition) is 4. The van der Waals surface area contributed by atoms with Crippen LogP contribution in [0.25, 0.3) is 5.69 Å². The van der Waals surface area contributed by atoms with Crippen molar-refractivity contribution in [3.05, 3.63) is 77.6 Å². The third kappa shape index (κ3) is 4.17. The zero-order valence-corrected chi connectivity index (χ0v) is 14.3. The van der Waals surface area contributed by atoms with E-state index in [0.29, 0.717) is 11.4 Å². The van der Waals surface area contributed by atoms with Gasteiger partial charge >= 0.3 is 5.97 Å².